The standard InChI is InChI=1S/C13H23NO3/c1-15-11-9-13(16-2)8-5-7-12(17-13)6-3-4-10-14/h12H,3-9,11H2,1-2H3/t12-,13+/m1/s1. The molecule has 0 aromatic heterocycles. The molecule has 0 aromatic rings. The fourth-order valence-electron chi connectivity index (χ4n) is 2.33. The Kier molecular flexibility index (Phi) is 6.49. The molecule has 4 nitrogen and oxygen atoms in total. The summed E-state index contributed by atoms with van der Waals surface area (Å²) in [6, 6.07) is 2.17. The van der Waals surface area contributed by atoms with Crippen LogP contribution < -0.4 is 0 Å². The molecule has 17 heavy (non-hydrogen) atoms. The van der Waals surface area contributed by atoms with E-state index >= 15 is 0 Å². The molecule has 1 aliphatic rings. The summed E-state index contributed by atoms with van der Waals surface area (Å²) < 4.78 is 16.7. The smallest absolute Gasteiger partial charge is 0.170 e. The van der Waals surface area contributed by atoms with Crippen LogP contribution in [0.3, 0.4) is 0 Å². The fourth-order valence-corrected chi connectivity index (χ4v) is 2.33. The Morgan fingerprint density at radius 3 is 2.94 bits per heavy atom. The average molecular weight is 241 g/mol. The van der Waals surface area contributed by atoms with Crippen LogP contribution in [-0.2, 0) is 14.2 Å². The minimum atomic E-state index is -0.467. The number of ether oxygens (including phenoxy) is 3. The number of methoxy groups -OCH3 is 2. The van der Waals surface area contributed by atoms with E-state index in [1.165, 1.54) is 0 Å². The molecular weight excluding hydrogens is 218 g/mol. The average Bonchev–Trinajstić information content (AvgIpc) is 2.37. The molecule has 1 aliphatic heterocycles. The zero-order valence-electron chi connectivity index (χ0n) is 10.9. The van der Waals surface area contributed by atoms with Gasteiger partial charge >= 0.3 is 0 Å². The number of nitrogens with zero attached hydrogens (tertiary/aromatic N) is 1. The Hall–Kier alpha value is -0.630. The lowest BCUT2D eigenvalue weighted by Gasteiger charge is -2.40. The van der Waals surface area contributed by atoms with E-state index in [4.69, 9.17) is 19.5 Å². The summed E-state index contributed by atoms with van der Waals surface area (Å²) in [4.78, 5) is 0. The van der Waals surface area contributed by atoms with Gasteiger partial charge in [-0.1, -0.05) is 0 Å². The van der Waals surface area contributed by atoms with Crippen molar-refractivity contribution >= 4 is 0 Å². The first-order valence-corrected chi connectivity index (χ1v) is 6.35. The lowest BCUT2D eigenvalue weighted by molar-refractivity contribution is -0.275. The van der Waals surface area contributed by atoms with Gasteiger partial charge < -0.3 is 14.2 Å². The van der Waals surface area contributed by atoms with Crippen LogP contribution in [0, 0.1) is 11.3 Å². The van der Waals surface area contributed by atoms with Gasteiger partial charge in [0.25, 0.3) is 0 Å². The first-order valence-electron chi connectivity index (χ1n) is 6.35. The number of unbranched alkanes of at least 4 members (excludes halogenated alkanes) is 1. The van der Waals surface area contributed by atoms with Crippen LogP contribution in [0.25, 0.3) is 0 Å². The predicted molar refractivity (Wildman–Crippen MR) is 64.4 cm³/mol. The van der Waals surface area contributed by atoms with Gasteiger partial charge in [0.15, 0.2) is 5.79 Å². The van der Waals surface area contributed by atoms with E-state index in [1.54, 1.807) is 14.2 Å². The molecular formula is C13H23NO3. The van der Waals surface area contributed by atoms with E-state index in [1.807, 2.05) is 0 Å². The maximum absolute atomic E-state index is 8.53. The summed E-state index contributed by atoms with van der Waals surface area (Å²) in [6.45, 7) is 0.652. The lowest BCUT2D eigenvalue weighted by atomic mass is 9.96. The molecule has 1 heterocycles. The molecule has 0 bridgehead atoms. The molecule has 1 saturated heterocycles. The van der Waals surface area contributed by atoms with Crippen molar-refractivity contribution in [2.45, 2.75) is 56.8 Å². The molecule has 4 heteroatoms. The monoisotopic (exact) mass is 241 g/mol. The normalized spacial score (nSPS) is 28.9. The third kappa shape index (κ3) is 4.63. The Morgan fingerprint density at radius 1 is 1.47 bits per heavy atom. The van der Waals surface area contributed by atoms with Crippen molar-refractivity contribution in [1.29, 1.82) is 5.26 Å². The van der Waals surface area contributed by atoms with Crippen molar-refractivity contribution < 1.29 is 14.2 Å². The van der Waals surface area contributed by atoms with Gasteiger partial charge in [0.2, 0.25) is 0 Å². The zero-order valence-corrected chi connectivity index (χ0v) is 10.9. The van der Waals surface area contributed by atoms with Crippen LogP contribution >= 0.6 is 0 Å². The van der Waals surface area contributed by atoms with Crippen LogP contribution in [0.1, 0.15) is 44.9 Å². The van der Waals surface area contributed by atoms with E-state index < -0.39 is 5.79 Å². The van der Waals surface area contributed by atoms with E-state index in [0.717, 1.165) is 38.5 Å². The van der Waals surface area contributed by atoms with Gasteiger partial charge in [-0.15, -0.1) is 0 Å². The molecule has 0 aromatic carbocycles. The highest BCUT2D eigenvalue weighted by atomic mass is 16.7. The first kappa shape index (κ1) is 14.4. The largest absolute Gasteiger partial charge is 0.384 e. The second-order valence-corrected chi connectivity index (χ2v) is 4.54. The third-order valence-electron chi connectivity index (χ3n) is 3.34. The van der Waals surface area contributed by atoms with Crippen LogP contribution in [-0.4, -0.2) is 32.7 Å². The van der Waals surface area contributed by atoms with E-state index in [9.17, 15) is 0 Å². The second kappa shape index (κ2) is 7.65. The molecule has 0 amide bonds. The molecule has 0 spiro atoms. The Morgan fingerprint density at radius 2 is 2.29 bits per heavy atom. The van der Waals surface area contributed by atoms with Gasteiger partial charge in [0.1, 0.15) is 0 Å². The summed E-state index contributed by atoms with van der Waals surface area (Å²) in [5.74, 6) is -0.467. The Bertz CT molecular complexity index is 252. The number of hydrogen-bond donors (Lipinski definition) is 0. The topological polar surface area (TPSA) is 51.5 Å². The molecule has 98 valence electrons. The first-order chi connectivity index (χ1) is 8.26. The van der Waals surface area contributed by atoms with Crippen molar-refractivity contribution in [3.8, 4) is 6.07 Å². The highest BCUT2D eigenvalue weighted by Gasteiger charge is 2.36. The summed E-state index contributed by atoms with van der Waals surface area (Å²) in [6.07, 6.45) is 6.60. The molecule has 0 aliphatic carbocycles. The predicted octanol–water partition coefficient (Wildman–Crippen LogP) is 2.63. The van der Waals surface area contributed by atoms with Crippen molar-refractivity contribution in [2.24, 2.45) is 0 Å². The van der Waals surface area contributed by atoms with Crippen LogP contribution in [0.15, 0.2) is 0 Å². The lowest BCUT2D eigenvalue weighted by Crippen LogP contribution is -2.43. The quantitative estimate of drug-likeness (QED) is 0.643. The molecule has 1 fully saturated rings. The van der Waals surface area contributed by atoms with E-state index in [0.29, 0.717) is 13.0 Å². The van der Waals surface area contributed by atoms with Gasteiger partial charge in [-0.2, -0.15) is 5.26 Å². The Labute approximate surface area is 104 Å². The molecule has 0 unspecified atom stereocenters. The molecule has 2 atom stereocenters. The second-order valence-electron chi connectivity index (χ2n) is 4.54. The molecule has 0 saturated carbocycles. The molecule has 1 rings (SSSR count). The summed E-state index contributed by atoms with van der Waals surface area (Å²) in [7, 11) is 3.39. The van der Waals surface area contributed by atoms with Crippen LogP contribution in [0.5, 0.6) is 0 Å². The summed E-state index contributed by atoms with van der Waals surface area (Å²) in [5, 5.41) is 8.53. The maximum Gasteiger partial charge on any atom is 0.170 e. The van der Waals surface area contributed by atoms with E-state index in [-0.39, 0.29) is 6.10 Å². The highest BCUT2D eigenvalue weighted by molar-refractivity contribution is 4.79. The van der Waals surface area contributed by atoms with Gasteiger partial charge in [-0.25, -0.2) is 0 Å². The number of hydrogen-bond acceptors (Lipinski definition) is 4. The maximum atomic E-state index is 8.53. The Balaban J connectivity index is 2.41. The van der Waals surface area contributed by atoms with Gasteiger partial charge in [0, 0.05) is 33.5 Å². The zero-order chi connectivity index (χ0) is 12.6. The van der Waals surface area contributed by atoms with Gasteiger partial charge in [-0.3, -0.25) is 0 Å². The summed E-state index contributed by atoms with van der Waals surface area (Å²) in [5.41, 5.74) is 0. The summed E-state index contributed by atoms with van der Waals surface area (Å²) >= 11 is 0. The minimum absolute atomic E-state index is 0.230. The number of nitriles is 1. The highest BCUT2D eigenvalue weighted by Crippen LogP contribution is 2.34. The van der Waals surface area contributed by atoms with Crippen molar-refractivity contribution in [3.05, 3.63) is 0 Å². The molecule has 0 N–H and O–H groups in total. The van der Waals surface area contributed by atoms with Crippen LogP contribution in [0.4, 0.5) is 0 Å². The van der Waals surface area contributed by atoms with Crippen molar-refractivity contribution in [1.82, 2.24) is 0 Å². The van der Waals surface area contributed by atoms with Crippen molar-refractivity contribution in [3.63, 3.8) is 0 Å². The van der Waals surface area contributed by atoms with Gasteiger partial charge in [0.05, 0.1) is 18.8 Å². The molecule has 0 radical (unpaired) electrons. The van der Waals surface area contributed by atoms with Gasteiger partial charge in [-0.05, 0) is 25.7 Å². The SMILES string of the molecule is COCC[C@]1(OC)CCC[C@@H](CCCC#N)O1. The van der Waals surface area contributed by atoms with E-state index in [2.05, 4.69) is 6.07 Å². The van der Waals surface area contributed by atoms with Crippen LogP contribution in [0.2, 0.25) is 0 Å². The number of rotatable bonds is 7. The van der Waals surface area contributed by atoms with Crippen molar-refractivity contribution in [2.75, 3.05) is 20.8 Å². The fraction of sp³-hybridized carbons (Fsp3) is 0.923. The minimum Gasteiger partial charge on any atom is -0.384 e. The third-order valence-corrected chi connectivity index (χ3v) is 3.34.